The summed E-state index contributed by atoms with van der Waals surface area (Å²) in [4.78, 5) is 26.3. The molecule has 6 nitrogen and oxygen atoms in total. The van der Waals surface area contributed by atoms with Gasteiger partial charge in [0.1, 0.15) is 17.3 Å². The molecule has 1 aliphatic heterocycles. The molecule has 0 aromatic heterocycles. The summed E-state index contributed by atoms with van der Waals surface area (Å²) in [5.41, 5.74) is 1.44. The number of carbonyl (C=O) groups excluding carboxylic acids is 2. The van der Waals surface area contributed by atoms with E-state index in [4.69, 9.17) is 9.47 Å². The Labute approximate surface area is 185 Å². The SMILES string of the molecule is O=C(CCCOc1ccccc1)Nc1ccc2c(c1)N(Cc1ccccc1F)C(=O)CO2. The van der Waals surface area contributed by atoms with Crippen LogP contribution in [-0.4, -0.2) is 25.0 Å². The Balaban J connectivity index is 1.38. The van der Waals surface area contributed by atoms with E-state index in [0.29, 0.717) is 35.7 Å². The van der Waals surface area contributed by atoms with Gasteiger partial charge in [-0.25, -0.2) is 4.39 Å². The molecule has 0 spiro atoms. The minimum absolute atomic E-state index is 0.0795. The molecule has 3 aromatic rings. The number of hydrogen-bond acceptors (Lipinski definition) is 4. The van der Waals surface area contributed by atoms with Crippen molar-refractivity contribution in [3.05, 3.63) is 84.2 Å². The number of hydrogen-bond donors (Lipinski definition) is 1. The fourth-order valence-electron chi connectivity index (χ4n) is 3.41. The molecule has 1 N–H and O–H groups in total. The quantitative estimate of drug-likeness (QED) is 0.528. The summed E-state index contributed by atoms with van der Waals surface area (Å²) in [5.74, 6) is 0.459. The third kappa shape index (κ3) is 5.24. The van der Waals surface area contributed by atoms with Gasteiger partial charge in [0, 0.05) is 17.7 Å². The minimum atomic E-state index is -0.379. The maximum Gasteiger partial charge on any atom is 0.265 e. The summed E-state index contributed by atoms with van der Waals surface area (Å²) >= 11 is 0. The van der Waals surface area contributed by atoms with E-state index in [1.54, 1.807) is 36.4 Å². The monoisotopic (exact) mass is 434 g/mol. The molecule has 1 aliphatic rings. The number of rotatable bonds is 8. The van der Waals surface area contributed by atoms with Gasteiger partial charge in [-0.05, 0) is 42.8 Å². The van der Waals surface area contributed by atoms with E-state index in [1.807, 2.05) is 30.3 Å². The highest BCUT2D eigenvalue weighted by Crippen LogP contribution is 2.35. The van der Waals surface area contributed by atoms with Crippen molar-refractivity contribution in [3.63, 3.8) is 0 Å². The van der Waals surface area contributed by atoms with Gasteiger partial charge in [-0.3, -0.25) is 9.59 Å². The standard InChI is InChI=1S/C25H23FN2O4/c26-21-10-5-4-7-18(21)16-28-22-15-19(12-13-23(22)32-17-25(28)30)27-24(29)11-6-14-31-20-8-2-1-3-9-20/h1-5,7-10,12-13,15H,6,11,14,16-17H2,(H,27,29). The van der Waals surface area contributed by atoms with Gasteiger partial charge in [-0.1, -0.05) is 36.4 Å². The summed E-state index contributed by atoms with van der Waals surface area (Å²) in [5, 5.41) is 2.84. The molecule has 1 heterocycles. The molecular weight excluding hydrogens is 411 g/mol. The van der Waals surface area contributed by atoms with Gasteiger partial charge in [0.15, 0.2) is 6.61 Å². The Morgan fingerprint density at radius 2 is 1.84 bits per heavy atom. The highest BCUT2D eigenvalue weighted by Gasteiger charge is 2.27. The summed E-state index contributed by atoms with van der Waals surface area (Å²) in [6, 6.07) is 20.8. The van der Waals surface area contributed by atoms with Crippen LogP contribution in [0.2, 0.25) is 0 Å². The van der Waals surface area contributed by atoms with E-state index >= 15 is 0 Å². The fraction of sp³-hybridized carbons (Fsp3) is 0.200. The van der Waals surface area contributed by atoms with Gasteiger partial charge in [0.2, 0.25) is 5.91 Å². The summed E-state index contributed by atoms with van der Waals surface area (Å²) < 4.78 is 25.2. The molecule has 0 aliphatic carbocycles. The second-order valence-corrected chi connectivity index (χ2v) is 7.36. The van der Waals surface area contributed by atoms with Crippen molar-refractivity contribution in [3.8, 4) is 11.5 Å². The van der Waals surface area contributed by atoms with E-state index in [2.05, 4.69) is 5.32 Å². The van der Waals surface area contributed by atoms with Gasteiger partial charge < -0.3 is 19.7 Å². The highest BCUT2D eigenvalue weighted by molar-refractivity contribution is 5.99. The third-order valence-corrected chi connectivity index (χ3v) is 5.03. The van der Waals surface area contributed by atoms with Crippen LogP contribution < -0.4 is 19.7 Å². The molecule has 7 heteroatoms. The first-order valence-corrected chi connectivity index (χ1v) is 10.4. The Kier molecular flexibility index (Phi) is 6.65. The molecule has 0 radical (unpaired) electrons. The van der Waals surface area contributed by atoms with Crippen molar-refractivity contribution in [2.75, 3.05) is 23.4 Å². The van der Waals surface area contributed by atoms with Crippen LogP contribution >= 0.6 is 0 Å². The van der Waals surface area contributed by atoms with Crippen LogP contribution in [-0.2, 0) is 16.1 Å². The molecule has 164 valence electrons. The van der Waals surface area contributed by atoms with Crippen LogP contribution in [0.1, 0.15) is 18.4 Å². The lowest BCUT2D eigenvalue weighted by atomic mass is 10.1. The normalized spacial score (nSPS) is 12.7. The molecule has 0 fully saturated rings. The van der Waals surface area contributed by atoms with E-state index in [1.165, 1.54) is 11.0 Å². The van der Waals surface area contributed by atoms with Crippen molar-refractivity contribution >= 4 is 23.2 Å². The topological polar surface area (TPSA) is 67.9 Å². The zero-order valence-electron chi connectivity index (χ0n) is 17.4. The Bertz CT molecular complexity index is 1100. The average Bonchev–Trinajstić information content (AvgIpc) is 2.81. The first-order valence-electron chi connectivity index (χ1n) is 10.4. The fourth-order valence-corrected chi connectivity index (χ4v) is 3.41. The average molecular weight is 434 g/mol. The van der Waals surface area contributed by atoms with Crippen LogP contribution in [0.4, 0.5) is 15.8 Å². The number of amides is 2. The Morgan fingerprint density at radius 1 is 1.06 bits per heavy atom. The Hall–Kier alpha value is -3.87. The predicted octanol–water partition coefficient (Wildman–Crippen LogP) is 4.55. The lowest BCUT2D eigenvalue weighted by molar-refractivity contribution is -0.121. The van der Waals surface area contributed by atoms with Crippen molar-refractivity contribution in [1.82, 2.24) is 0 Å². The van der Waals surface area contributed by atoms with Crippen molar-refractivity contribution < 1.29 is 23.5 Å². The van der Waals surface area contributed by atoms with Gasteiger partial charge in [-0.15, -0.1) is 0 Å². The van der Waals surface area contributed by atoms with Gasteiger partial charge in [0.25, 0.3) is 5.91 Å². The van der Waals surface area contributed by atoms with Crippen molar-refractivity contribution in [2.45, 2.75) is 19.4 Å². The number of benzene rings is 3. The third-order valence-electron chi connectivity index (χ3n) is 5.03. The lowest BCUT2D eigenvalue weighted by Crippen LogP contribution is -2.38. The van der Waals surface area contributed by atoms with Crippen LogP contribution in [0.5, 0.6) is 11.5 Å². The lowest BCUT2D eigenvalue weighted by Gasteiger charge is -2.30. The summed E-state index contributed by atoms with van der Waals surface area (Å²) in [6.07, 6.45) is 0.852. The van der Waals surface area contributed by atoms with E-state index < -0.39 is 0 Å². The molecular formula is C25H23FN2O4. The largest absolute Gasteiger partial charge is 0.494 e. The van der Waals surface area contributed by atoms with Crippen LogP contribution in [0.3, 0.4) is 0 Å². The molecule has 3 aromatic carbocycles. The number of anilines is 2. The van der Waals surface area contributed by atoms with E-state index in [9.17, 15) is 14.0 Å². The number of nitrogens with one attached hydrogen (secondary N) is 1. The number of halogens is 1. The second kappa shape index (κ2) is 9.96. The van der Waals surface area contributed by atoms with Crippen molar-refractivity contribution in [2.24, 2.45) is 0 Å². The molecule has 32 heavy (non-hydrogen) atoms. The summed E-state index contributed by atoms with van der Waals surface area (Å²) in [7, 11) is 0. The molecule has 0 saturated heterocycles. The number of para-hydroxylation sites is 1. The maximum atomic E-state index is 14.1. The highest BCUT2D eigenvalue weighted by atomic mass is 19.1. The van der Waals surface area contributed by atoms with Crippen LogP contribution in [0.25, 0.3) is 0 Å². The number of carbonyl (C=O) groups is 2. The zero-order chi connectivity index (χ0) is 22.3. The molecule has 0 unspecified atom stereocenters. The van der Waals surface area contributed by atoms with Crippen molar-refractivity contribution in [1.29, 1.82) is 0 Å². The number of nitrogens with zero attached hydrogens (tertiary/aromatic N) is 1. The maximum absolute atomic E-state index is 14.1. The Morgan fingerprint density at radius 3 is 2.66 bits per heavy atom. The van der Waals surface area contributed by atoms with Gasteiger partial charge in [0.05, 0.1) is 18.8 Å². The summed E-state index contributed by atoms with van der Waals surface area (Å²) in [6.45, 7) is 0.394. The number of fused-ring (bicyclic) bond motifs is 1. The van der Waals surface area contributed by atoms with Crippen LogP contribution in [0.15, 0.2) is 72.8 Å². The second-order valence-electron chi connectivity index (χ2n) is 7.36. The van der Waals surface area contributed by atoms with E-state index in [0.717, 1.165) is 5.75 Å². The smallest absolute Gasteiger partial charge is 0.265 e. The first kappa shape index (κ1) is 21.4. The molecule has 2 amide bonds. The predicted molar refractivity (Wildman–Crippen MR) is 119 cm³/mol. The molecule has 4 rings (SSSR count). The van der Waals surface area contributed by atoms with E-state index in [-0.39, 0.29) is 37.2 Å². The molecule has 0 saturated carbocycles. The minimum Gasteiger partial charge on any atom is -0.494 e. The molecule has 0 bridgehead atoms. The van der Waals surface area contributed by atoms with Gasteiger partial charge >= 0.3 is 0 Å². The molecule has 0 atom stereocenters. The number of ether oxygens (including phenoxy) is 2. The van der Waals surface area contributed by atoms with Crippen LogP contribution in [0, 0.1) is 5.82 Å². The zero-order valence-corrected chi connectivity index (χ0v) is 17.4. The first-order chi connectivity index (χ1) is 15.6. The van der Waals surface area contributed by atoms with Gasteiger partial charge in [-0.2, -0.15) is 0 Å².